The van der Waals surface area contributed by atoms with E-state index in [1.807, 2.05) is 61.5 Å². The van der Waals surface area contributed by atoms with Gasteiger partial charge in [0, 0.05) is 18.5 Å². The summed E-state index contributed by atoms with van der Waals surface area (Å²) in [7, 11) is 1.44. The highest BCUT2D eigenvalue weighted by atomic mass is 16.6. The Morgan fingerprint density at radius 3 is 2.43 bits per heavy atom. The molecule has 0 bridgehead atoms. The summed E-state index contributed by atoms with van der Waals surface area (Å²) in [5, 5.41) is 17.2. The fraction of sp³-hybridized carbons (Fsp3) is 0.250. The average Bonchev–Trinajstić information content (AvgIpc) is 3.32. The van der Waals surface area contributed by atoms with Gasteiger partial charge in [-0.05, 0) is 41.3 Å². The SMILES string of the molecule is CON=C1C[C@H](C(=O)NCC(O)c2ccccc2)N(C(=O)c2ccc(-c3ccccc3C)cc2)C1. The van der Waals surface area contributed by atoms with Gasteiger partial charge >= 0.3 is 0 Å². The first-order valence-corrected chi connectivity index (χ1v) is 11.5. The minimum Gasteiger partial charge on any atom is -0.399 e. The van der Waals surface area contributed by atoms with E-state index in [4.69, 9.17) is 4.84 Å². The Balaban J connectivity index is 1.49. The standard InChI is InChI=1S/C28H29N3O4/c1-19-8-6-7-11-24(19)20-12-14-22(15-13-20)28(34)31-18-23(30-35-2)16-25(31)27(33)29-17-26(32)21-9-4-3-5-10-21/h3-15,25-26,32H,16-18H2,1-2H3,(H,29,33)/t25-,26?/m1/s1. The van der Waals surface area contributed by atoms with Crippen LogP contribution in [0.1, 0.15) is 34.0 Å². The van der Waals surface area contributed by atoms with Crippen molar-refractivity contribution in [3.63, 3.8) is 0 Å². The van der Waals surface area contributed by atoms with Crippen LogP contribution in [0, 0.1) is 6.92 Å². The lowest BCUT2D eigenvalue weighted by atomic mass is 9.99. The molecule has 3 aromatic rings. The van der Waals surface area contributed by atoms with Gasteiger partial charge in [0.05, 0.1) is 18.4 Å². The number of hydrogen-bond acceptors (Lipinski definition) is 5. The second-order valence-corrected chi connectivity index (χ2v) is 8.56. The summed E-state index contributed by atoms with van der Waals surface area (Å²) in [5.74, 6) is -0.599. The first kappa shape index (κ1) is 24.2. The van der Waals surface area contributed by atoms with Crippen LogP contribution in [0.3, 0.4) is 0 Å². The normalized spacial score (nSPS) is 17.3. The van der Waals surface area contributed by atoms with Crippen LogP contribution in [0.15, 0.2) is 84.0 Å². The zero-order valence-electron chi connectivity index (χ0n) is 19.8. The van der Waals surface area contributed by atoms with E-state index in [0.717, 1.165) is 16.7 Å². The molecule has 1 unspecified atom stereocenters. The highest BCUT2D eigenvalue weighted by Crippen LogP contribution is 2.25. The molecular formula is C28H29N3O4. The van der Waals surface area contributed by atoms with E-state index >= 15 is 0 Å². The number of rotatable bonds is 7. The Labute approximate surface area is 205 Å². The number of hydrogen-bond donors (Lipinski definition) is 2. The van der Waals surface area contributed by atoms with Crippen molar-refractivity contribution in [1.29, 1.82) is 0 Å². The van der Waals surface area contributed by atoms with Gasteiger partial charge in [0.2, 0.25) is 5.91 Å². The smallest absolute Gasteiger partial charge is 0.254 e. The molecule has 1 fully saturated rings. The van der Waals surface area contributed by atoms with Crippen LogP contribution in [-0.2, 0) is 9.63 Å². The zero-order valence-corrected chi connectivity index (χ0v) is 19.8. The molecule has 7 heteroatoms. The number of likely N-dealkylation sites (tertiary alicyclic amines) is 1. The number of nitrogens with zero attached hydrogens (tertiary/aromatic N) is 2. The summed E-state index contributed by atoms with van der Waals surface area (Å²) in [6.07, 6.45) is -0.569. The Bertz CT molecular complexity index is 1210. The van der Waals surface area contributed by atoms with Crippen LogP contribution in [0.4, 0.5) is 0 Å². The maximum Gasteiger partial charge on any atom is 0.254 e. The Hall–Kier alpha value is -3.97. The predicted octanol–water partition coefficient (Wildman–Crippen LogP) is 3.73. The summed E-state index contributed by atoms with van der Waals surface area (Å²) < 4.78 is 0. The summed E-state index contributed by atoms with van der Waals surface area (Å²) in [6, 6.07) is 23.8. The molecule has 0 aromatic heterocycles. The molecule has 2 amide bonds. The van der Waals surface area contributed by atoms with Crippen molar-refractivity contribution in [2.24, 2.45) is 5.16 Å². The van der Waals surface area contributed by atoms with Gasteiger partial charge in [-0.1, -0.05) is 71.9 Å². The second kappa shape index (κ2) is 11.0. The quantitative estimate of drug-likeness (QED) is 0.514. The molecule has 180 valence electrons. The monoisotopic (exact) mass is 471 g/mol. The fourth-order valence-corrected chi connectivity index (χ4v) is 4.31. The first-order valence-electron chi connectivity index (χ1n) is 11.5. The number of benzene rings is 3. The molecule has 0 radical (unpaired) electrons. The molecule has 0 saturated carbocycles. The van der Waals surface area contributed by atoms with Crippen molar-refractivity contribution in [3.8, 4) is 11.1 Å². The van der Waals surface area contributed by atoms with Gasteiger partial charge in [-0.25, -0.2) is 0 Å². The predicted molar refractivity (Wildman–Crippen MR) is 135 cm³/mol. The number of aliphatic hydroxyl groups is 1. The number of aliphatic hydroxyl groups excluding tert-OH is 1. The van der Waals surface area contributed by atoms with Gasteiger partial charge in [0.25, 0.3) is 5.91 Å². The van der Waals surface area contributed by atoms with Gasteiger partial charge in [0.1, 0.15) is 13.2 Å². The van der Waals surface area contributed by atoms with Gasteiger partial charge in [-0.3, -0.25) is 9.59 Å². The minimum absolute atomic E-state index is 0.0449. The van der Waals surface area contributed by atoms with E-state index in [1.54, 1.807) is 24.3 Å². The van der Waals surface area contributed by atoms with E-state index in [1.165, 1.54) is 12.0 Å². The molecule has 1 heterocycles. The molecule has 1 saturated heterocycles. The molecular weight excluding hydrogens is 442 g/mol. The Morgan fingerprint density at radius 2 is 1.74 bits per heavy atom. The third-order valence-corrected chi connectivity index (χ3v) is 6.18. The van der Waals surface area contributed by atoms with Crippen molar-refractivity contribution >= 4 is 17.5 Å². The van der Waals surface area contributed by atoms with Crippen LogP contribution in [0.25, 0.3) is 11.1 Å². The summed E-state index contributed by atoms with van der Waals surface area (Å²) in [4.78, 5) is 32.8. The maximum absolute atomic E-state index is 13.4. The number of aryl methyl sites for hydroxylation is 1. The Morgan fingerprint density at radius 1 is 1.06 bits per heavy atom. The number of oxime groups is 1. The molecule has 7 nitrogen and oxygen atoms in total. The summed E-state index contributed by atoms with van der Waals surface area (Å²) >= 11 is 0. The average molecular weight is 472 g/mol. The van der Waals surface area contributed by atoms with E-state index in [9.17, 15) is 14.7 Å². The second-order valence-electron chi connectivity index (χ2n) is 8.56. The Kier molecular flexibility index (Phi) is 7.57. The highest BCUT2D eigenvalue weighted by molar-refractivity contribution is 6.05. The molecule has 2 N–H and O–H groups in total. The van der Waals surface area contributed by atoms with Crippen LogP contribution < -0.4 is 5.32 Å². The van der Waals surface area contributed by atoms with Gasteiger partial charge in [-0.2, -0.15) is 0 Å². The van der Waals surface area contributed by atoms with Crippen molar-refractivity contribution in [1.82, 2.24) is 10.2 Å². The third kappa shape index (κ3) is 5.58. The van der Waals surface area contributed by atoms with Crippen LogP contribution in [0.5, 0.6) is 0 Å². The topological polar surface area (TPSA) is 91.2 Å². The van der Waals surface area contributed by atoms with Gasteiger partial charge in [-0.15, -0.1) is 0 Å². The molecule has 1 aliphatic heterocycles. The molecule has 4 rings (SSSR count). The van der Waals surface area contributed by atoms with Gasteiger partial charge < -0.3 is 20.2 Å². The number of carbonyl (C=O) groups excluding carboxylic acids is 2. The first-order chi connectivity index (χ1) is 17.0. The largest absolute Gasteiger partial charge is 0.399 e. The summed E-state index contributed by atoms with van der Waals surface area (Å²) in [5.41, 5.74) is 5.09. The number of carbonyl (C=O) groups is 2. The van der Waals surface area contributed by atoms with E-state index in [0.29, 0.717) is 16.8 Å². The van der Waals surface area contributed by atoms with Crippen molar-refractivity contribution in [3.05, 3.63) is 95.6 Å². The lowest BCUT2D eigenvalue weighted by Gasteiger charge is -2.24. The number of amides is 2. The van der Waals surface area contributed by atoms with Gasteiger partial charge in [0.15, 0.2) is 0 Å². The third-order valence-electron chi connectivity index (χ3n) is 6.18. The van der Waals surface area contributed by atoms with Crippen molar-refractivity contribution in [2.45, 2.75) is 25.5 Å². The molecule has 0 aliphatic carbocycles. The fourth-order valence-electron chi connectivity index (χ4n) is 4.31. The molecule has 0 spiro atoms. The van der Waals surface area contributed by atoms with E-state index in [-0.39, 0.29) is 31.3 Å². The lowest BCUT2D eigenvalue weighted by molar-refractivity contribution is -0.125. The molecule has 3 aromatic carbocycles. The minimum atomic E-state index is -0.841. The van der Waals surface area contributed by atoms with Crippen LogP contribution in [0.2, 0.25) is 0 Å². The summed E-state index contributed by atoms with van der Waals surface area (Å²) in [6.45, 7) is 2.29. The maximum atomic E-state index is 13.4. The van der Waals surface area contributed by atoms with E-state index < -0.39 is 12.1 Å². The number of nitrogens with one attached hydrogen (secondary N) is 1. The zero-order chi connectivity index (χ0) is 24.8. The highest BCUT2D eigenvalue weighted by Gasteiger charge is 2.38. The lowest BCUT2D eigenvalue weighted by Crippen LogP contribution is -2.46. The van der Waals surface area contributed by atoms with Crippen molar-refractivity contribution < 1.29 is 19.5 Å². The molecule has 2 atom stereocenters. The van der Waals surface area contributed by atoms with Crippen LogP contribution in [-0.4, -0.2) is 53.8 Å². The molecule has 1 aliphatic rings. The van der Waals surface area contributed by atoms with Crippen molar-refractivity contribution in [2.75, 3.05) is 20.2 Å². The van der Waals surface area contributed by atoms with E-state index in [2.05, 4.69) is 10.5 Å². The van der Waals surface area contributed by atoms with Crippen LogP contribution >= 0.6 is 0 Å². The molecule has 35 heavy (non-hydrogen) atoms.